The molecule has 1 aromatic heterocycles. The molecule has 1 unspecified atom stereocenters. The summed E-state index contributed by atoms with van der Waals surface area (Å²) in [6.45, 7) is 5.40. The molecule has 2 aromatic rings. The van der Waals surface area contributed by atoms with E-state index >= 15 is 0 Å². The van der Waals surface area contributed by atoms with Crippen LogP contribution in [0.25, 0.3) is 11.1 Å². The third-order valence-electron chi connectivity index (χ3n) is 6.51. The SMILES string of the molecule is c1cc(-c2ccc(C3[C@H]4CNC[C@@H]3N4CC3CCOCC3)cc2)ccn1. The lowest BCUT2D eigenvalue weighted by molar-refractivity contribution is -0.0628. The van der Waals surface area contributed by atoms with Crippen molar-refractivity contribution in [3.63, 3.8) is 0 Å². The van der Waals surface area contributed by atoms with E-state index in [1.807, 2.05) is 12.4 Å². The van der Waals surface area contributed by atoms with Crippen molar-refractivity contribution < 1.29 is 4.74 Å². The van der Waals surface area contributed by atoms with Gasteiger partial charge >= 0.3 is 0 Å². The minimum Gasteiger partial charge on any atom is -0.381 e. The van der Waals surface area contributed by atoms with Gasteiger partial charge in [-0.3, -0.25) is 9.88 Å². The molecule has 3 atom stereocenters. The maximum absolute atomic E-state index is 5.53. The number of hydrogen-bond acceptors (Lipinski definition) is 4. The third-order valence-corrected chi connectivity index (χ3v) is 6.51. The van der Waals surface area contributed by atoms with E-state index in [9.17, 15) is 0 Å². The third kappa shape index (κ3) is 2.96. The van der Waals surface area contributed by atoms with Gasteiger partial charge in [-0.15, -0.1) is 0 Å². The van der Waals surface area contributed by atoms with Crippen LogP contribution in [-0.2, 0) is 4.74 Å². The van der Waals surface area contributed by atoms with E-state index in [0.717, 1.165) is 32.2 Å². The van der Waals surface area contributed by atoms with Gasteiger partial charge in [0.2, 0.25) is 0 Å². The molecule has 2 bridgehead atoms. The van der Waals surface area contributed by atoms with Gasteiger partial charge in [-0.1, -0.05) is 24.3 Å². The van der Waals surface area contributed by atoms with Gasteiger partial charge in [0.1, 0.15) is 0 Å². The zero-order chi connectivity index (χ0) is 17.3. The van der Waals surface area contributed by atoms with E-state index < -0.39 is 0 Å². The Morgan fingerprint density at radius 2 is 1.58 bits per heavy atom. The van der Waals surface area contributed by atoms with Gasteiger partial charge in [-0.2, -0.15) is 0 Å². The molecule has 4 nitrogen and oxygen atoms in total. The molecular weight excluding hydrogens is 322 g/mol. The van der Waals surface area contributed by atoms with Crippen molar-refractivity contribution in [2.24, 2.45) is 5.92 Å². The zero-order valence-corrected chi connectivity index (χ0v) is 15.2. The first-order chi connectivity index (χ1) is 12.9. The Hall–Kier alpha value is -1.75. The molecule has 0 saturated carbocycles. The van der Waals surface area contributed by atoms with Gasteiger partial charge in [0, 0.05) is 63.2 Å². The molecule has 3 saturated heterocycles. The summed E-state index contributed by atoms with van der Waals surface area (Å²) in [5, 5.41) is 3.62. The second-order valence-corrected chi connectivity index (χ2v) is 7.93. The highest BCUT2D eigenvalue weighted by Crippen LogP contribution is 2.43. The number of nitrogens with one attached hydrogen (secondary N) is 1. The average molecular weight is 349 g/mol. The number of pyridine rings is 1. The smallest absolute Gasteiger partial charge is 0.0469 e. The lowest BCUT2D eigenvalue weighted by atomic mass is 9.71. The summed E-state index contributed by atoms with van der Waals surface area (Å²) in [4.78, 5) is 6.89. The van der Waals surface area contributed by atoms with Crippen molar-refractivity contribution in [1.82, 2.24) is 15.2 Å². The fraction of sp³-hybridized carbons (Fsp3) is 0.500. The summed E-state index contributed by atoms with van der Waals surface area (Å²) < 4.78 is 5.53. The first-order valence-corrected chi connectivity index (χ1v) is 9.95. The molecule has 26 heavy (non-hydrogen) atoms. The van der Waals surface area contributed by atoms with Gasteiger partial charge in [-0.25, -0.2) is 0 Å². The second-order valence-electron chi connectivity index (χ2n) is 7.93. The van der Waals surface area contributed by atoms with E-state index in [0.29, 0.717) is 18.0 Å². The number of fused-ring (bicyclic) bond motifs is 2. The number of ether oxygens (including phenoxy) is 1. The molecule has 5 rings (SSSR count). The van der Waals surface area contributed by atoms with Gasteiger partial charge in [0.25, 0.3) is 0 Å². The summed E-state index contributed by atoms with van der Waals surface area (Å²) in [6.07, 6.45) is 6.18. The van der Waals surface area contributed by atoms with Crippen molar-refractivity contribution in [2.75, 3.05) is 32.8 Å². The van der Waals surface area contributed by atoms with Gasteiger partial charge in [0.15, 0.2) is 0 Å². The van der Waals surface area contributed by atoms with E-state index in [4.69, 9.17) is 4.74 Å². The fourth-order valence-corrected chi connectivity index (χ4v) is 5.07. The Labute approximate surface area is 155 Å². The first kappa shape index (κ1) is 16.4. The normalized spacial score (nSPS) is 29.3. The molecule has 0 aliphatic carbocycles. The summed E-state index contributed by atoms with van der Waals surface area (Å²) >= 11 is 0. The molecule has 4 heterocycles. The summed E-state index contributed by atoms with van der Waals surface area (Å²) in [7, 11) is 0. The molecule has 3 fully saturated rings. The Balaban J connectivity index is 1.30. The Kier molecular flexibility index (Phi) is 4.49. The molecule has 3 aliphatic heterocycles. The molecule has 0 radical (unpaired) electrons. The molecular formula is C22H27N3O. The topological polar surface area (TPSA) is 37.4 Å². The average Bonchev–Trinajstić information content (AvgIpc) is 2.73. The number of nitrogens with zero attached hydrogens (tertiary/aromatic N) is 2. The predicted octanol–water partition coefficient (Wildman–Crippen LogP) is 2.91. The molecule has 0 spiro atoms. The zero-order valence-electron chi connectivity index (χ0n) is 15.2. The van der Waals surface area contributed by atoms with E-state index in [-0.39, 0.29) is 0 Å². The lowest BCUT2D eigenvalue weighted by Gasteiger charge is -2.60. The molecule has 1 N–H and O–H groups in total. The summed E-state index contributed by atoms with van der Waals surface area (Å²) in [5.74, 6) is 1.50. The Morgan fingerprint density at radius 1 is 0.923 bits per heavy atom. The molecule has 3 aliphatic rings. The number of piperidine rings is 1. The van der Waals surface area contributed by atoms with E-state index in [1.165, 1.54) is 36.1 Å². The summed E-state index contributed by atoms with van der Waals surface area (Å²) in [6, 6.07) is 14.7. The molecule has 1 aromatic carbocycles. The van der Waals surface area contributed by atoms with Crippen LogP contribution in [0.15, 0.2) is 48.8 Å². The maximum Gasteiger partial charge on any atom is 0.0469 e. The standard InChI is InChI=1S/C22H27N3O/c1-3-19(4-2-17(1)18-5-9-23-10-6-18)22-20-13-24-14-21(22)25(20)15-16-7-11-26-12-8-16/h1-6,9-10,16,20-22,24H,7-8,11-15H2/t20-,21+,22?. The number of hydrogen-bond donors (Lipinski definition) is 1. The van der Waals surface area contributed by atoms with Crippen molar-refractivity contribution in [1.29, 1.82) is 0 Å². The lowest BCUT2D eigenvalue weighted by Crippen LogP contribution is -2.73. The van der Waals surface area contributed by atoms with Crippen molar-refractivity contribution in [3.8, 4) is 11.1 Å². The Bertz CT molecular complexity index is 715. The maximum atomic E-state index is 5.53. The largest absolute Gasteiger partial charge is 0.381 e. The minimum atomic E-state index is 0.656. The van der Waals surface area contributed by atoms with Gasteiger partial charge in [-0.05, 0) is 47.6 Å². The van der Waals surface area contributed by atoms with Crippen LogP contribution >= 0.6 is 0 Å². The number of piperazine rings is 1. The number of benzene rings is 1. The van der Waals surface area contributed by atoms with Crippen LogP contribution in [0, 0.1) is 5.92 Å². The molecule has 136 valence electrons. The van der Waals surface area contributed by atoms with Gasteiger partial charge in [0.05, 0.1) is 0 Å². The Morgan fingerprint density at radius 3 is 2.27 bits per heavy atom. The summed E-state index contributed by atoms with van der Waals surface area (Å²) in [5.41, 5.74) is 4.02. The van der Waals surface area contributed by atoms with Crippen LogP contribution in [0.2, 0.25) is 0 Å². The van der Waals surface area contributed by atoms with E-state index in [2.05, 4.69) is 51.6 Å². The number of aromatic nitrogens is 1. The second kappa shape index (κ2) is 7.10. The van der Waals surface area contributed by atoms with Crippen LogP contribution in [0.3, 0.4) is 0 Å². The van der Waals surface area contributed by atoms with Crippen LogP contribution in [0.1, 0.15) is 24.3 Å². The quantitative estimate of drug-likeness (QED) is 0.921. The van der Waals surface area contributed by atoms with Crippen molar-refractivity contribution >= 4 is 0 Å². The minimum absolute atomic E-state index is 0.656. The molecule has 4 heteroatoms. The highest BCUT2D eigenvalue weighted by atomic mass is 16.5. The highest BCUT2D eigenvalue weighted by Gasteiger charge is 2.51. The monoisotopic (exact) mass is 349 g/mol. The van der Waals surface area contributed by atoms with Crippen LogP contribution < -0.4 is 5.32 Å². The van der Waals surface area contributed by atoms with Crippen LogP contribution in [0.5, 0.6) is 0 Å². The van der Waals surface area contributed by atoms with Gasteiger partial charge < -0.3 is 10.1 Å². The predicted molar refractivity (Wildman–Crippen MR) is 103 cm³/mol. The molecule has 0 amide bonds. The number of likely N-dealkylation sites (tertiary alicyclic amines) is 1. The van der Waals surface area contributed by atoms with E-state index in [1.54, 1.807) is 0 Å². The highest BCUT2D eigenvalue weighted by molar-refractivity contribution is 5.63. The van der Waals surface area contributed by atoms with Crippen molar-refractivity contribution in [2.45, 2.75) is 30.8 Å². The van der Waals surface area contributed by atoms with Crippen LogP contribution in [-0.4, -0.2) is 54.8 Å². The number of rotatable bonds is 4. The van der Waals surface area contributed by atoms with Crippen molar-refractivity contribution in [3.05, 3.63) is 54.4 Å². The fourth-order valence-electron chi connectivity index (χ4n) is 5.07. The first-order valence-electron chi connectivity index (χ1n) is 9.95. The van der Waals surface area contributed by atoms with Crippen LogP contribution in [0.4, 0.5) is 0 Å².